The van der Waals surface area contributed by atoms with Crippen LogP contribution >= 0.6 is 0 Å². The summed E-state index contributed by atoms with van der Waals surface area (Å²) in [6.07, 6.45) is 3.60. The number of rotatable bonds is 9. The highest BCUT2D eigenvalue weighted by Gasteiger charge is 2.45. The van der Waals surface area contributed by atoms with E-state index in [9.17, 15) is 19.4 Å². The molecule has 1 aliphatic carbocycles. The van der Waals surface area contributed by atoms with Crippen LogP contribution in [0.25, 0.3) is 10.9 Å². The summed E-state index contributed by atoms with van der Waals surface area (Å²) >= 11 is 0. The van der Waals surface area contributed by atoms with E-state index in [1.807, 2.05) is 24.3 Å². The van der Waals surface area contributed by atoms with E-state index in [2.05, 4.69) is 10.3 Å². The number of carbonyl (C=O) groups is 1. The number of methoxy groups -OCH3 is 2. The Balaban J connectivity index is 1.42. The number of aliphatic carboxylic acids is 1. The van der Waals surface area contributed by atoms with Gasteiger partial charge in [-0.05, 0) is 97.4 Å². The number of carboxylic acid groups (broad SMARTS) is 1. The van der Waals surface area contributed by atoms with E-state index in [1.54, 1.807) is 25.4 Å². The van der Waals surface area contributed by atoms with Gasteiger partial charge in [0.05, 0.1) is 31.8 Å². The molecule has 0 radical (unpaired) electrons. The molecule has 2 unspecified atom stereocenters. The molecule has 2 aromatic carbocycles. The fraction of sp³-hybridized carbons (Fsp3) is 0.467. The highest BCUT2D eigenvalue weighted by atomic mass is 19.1. The number of carboxylic acids is 1. The van der Waals surface area contributed by atoms with Gasteiger partial charge in [0.1, 0.15) is 17.3 Å². The van der Waals surface area contributed by atoms with Gasteiger partial charge in [-0.3, -0.25) is 9.78 Å². The van der Waals surface area contributed by atoms with Crippen molar-refractivity contribution < 1.29 is 28.9 Å². The number of aliphatic hydroxyl groups is 1. The second kappa shape index (κ2) is 11.3. The first-order valence-corrected chi connectivity index (χ1v) is 13.3. The molecule has 0 bridgehead atoms. The van der Waals surface area contributed by atoms with Gasteiger partial charge in [0.2, 0.25) is 0 Å². The molecule has 38 heavy (non-hydrogen) atoms. The van der Waals surface area contributed by atoms with Crippen LogP contribution in [0.2, 0.25) is 0 Å². The van der Waals surface area contributed by atoms with E-state index in [0.717, 1.165) is 42.3 Å². The van der Waals surface area contributed by atoms with Gasteiger partial charge in [0.25, 0.3) is 0 Å². The molecule has 5 rings (SSSR count). The summed E-state index contributed by atoms with van der Waals surface area (Å²) in [5.41, 5.74) is 2.20. The first kappa shape index (κ1) is 26.4. The zero-order valence-corrected chi connectivity index (χ0v) is 21.8. The summed E-state index contributed by atoms with van der Waals surface area (Å²) in [6.45, 7) is 1.17. The average molecular weight is 523 g/mol. The molecule has 202 valence electrons. The van der Waals surface area contributed by atoms with Crippen LogP contribution in [-0.4, -0.2) is 48.5 Å². The monoisotopic (exact) mass is 522 g/mol. The number of piperidine rings is 1. The molecule has 3 N–H and O–H groups in total. The Morgan fingerprint density at radius 1 is 1.13 bits per heavy atom. The van der Waals surface area contributed by atoms with Gasteiger partial charge in [-0.2, -0.15) is 0 Å². The van der Waals surface area contributed by atoms with E-state index in [0.29, 0.717) is 30.0 Å². The average Bonchev–Trinajstić information content (AvgIpc) is 2.91. The smallest absolute Gasteiger partial charge is 0.308 e. The van der Waals surface area contributed by atoms with Crippen molar-refractivity contribution in [2.75, 3.05) is 27.3 Å². The number of fused-ring (bicyclic) bond motifs is 1. The number of benzene rings is 2. The van der Waals surface area contributed by atoms with Crippen LogP contribution < -0.4 is 14.8 Å². The van der Waals surface area contributed by atoms with Crippen LogP contribution in [-0.2, 0) is 4.79 Å². The molecule has 1 saturated carbocycles. The highest BCUT2D eigenvalue weighted by Crippen LogP contribution is 2.52. The first-order chi connectivity index (χ1) is 18.4. The molecule has 2 aliphatic rings. The normalized spacial score (nSPS) is 24.8. The van der Waals surface area contributed by atoms with Crippen LogP contribution in [0, 0.1) is 29.5 Å². The van der Waals surface area contributed by atoms with Crippen molar-refractivity contribution in [2.45, 2.75) is 37.7 Å². The lowest BCUT2D eigenvalue weighted by Crippen LogP contribution is -2.47. The maximum Gasteiger partial charge on any atom is 0.308 e. The number of ether oxygens (including phenoxy) is 2. The van der Waals surface area contributed by atoms with Gasteiger partial charge in [0.15, 0.2) is 0 Å². The first-order valence-electron chi connectivity index (χ1n) is 13.3. The lowest BCUT2D eigenvalue weighted by molar-refractivity contribution is -0.146. The molecular formula is C30H35FN2O5. The molecule has 0 amide bonds. The minimum absolute atomic E-state index is 0.0143. The SMILES string of the molecule is COc1ccc(C2CC([C@@H](C[C@@H](O)c3ccnc4ccc(OC)cc34)C3CCNCC3C(=O)O)C2)c(F)c1. The van der Waals surface area contributed by atoms with E-state index in [-0.39, 0.29) is 29.5 Å². The van der Waals surface area contributed by atoms with Crippen molar-refractivity contribution in [1.82, 2.24) is 10.3 Å². The van der Waals surface area contributed by atoms with Crippen molar-refractivity contribution in [1.29, 1.82) is 0 Å². The lowest BCUT2D eigenvalue weighted by atomic mass is 9.59. The molecule has 2 fully saturated rings. The lowest BCUT2D eigenvalue weighted by Gasteiger charge is -2.47. The van der Waals surface area contributed by atoms with Gasteiger partial charge < -0.3 is 25.0 Å². The minimum Gasteiger partial charge on any atom is -0.497 e. The largest absolute Gasteiger partial charge is 0.497 e. The molecule has 3 aromatic rings. The van der Waals surface area contributed by atoms with Crippen LogP contribution in [0.15, 0.2) is 48.7 Å². The summed E-state index contributed by atoms with van der Waals surface area (Å²) in [6, 6.07) is 12.4. The highest BCUT2D eigenvalue weighted by molar-refractivity contribution is 5.83. The summed E-state index contributed by atoms with van der Waals surface area (Å²) < 4.78 is 25.3. The molecule has 1 saturated heterocycles. The van der Waals surface area contributed by atoms with E-state index in [4.69, 9.17) is 9.47 Å². The summed E-state index contributed by atoms with van der Waals surface area (Å²) in [7, 11) is 3.12. The molecule has 0 spiro atoms. The van der Waals surface area contributed by atoms with Crippen LogP contribution in [0.5, 0.6) is 11.5 Å². The van der Waals surface area contributed by atoms with E-state index >= 15 is 0 Å². The quantitative estimate of drug-likeness (QED) is 0.366. The Hall–Kier alpha value is -3.23. The predicted molar refractivity (Wildman–Crippen MR) is 142 cm³/mol. The number of hydrogen-bond acceptors (Lipinski definition) is 6. The fourth-order valence-electron chi connectivity index (χ4n) is 6.56. The number of pyridine rings is 1. The zero-order valence-electron chi connectivity index (χ0n) is 21.8. The van der Waals surface area contributed by atoms with Crippen molar-refractivity contribution >= 4 is 16.9 Å². The van der Waals surface area contributed by atoms with Gasteiger partial charge in [-0.25, -0.2) is 4.39 Å². The van der Waals surface area contributed by atoms with Gasteiger partial charge in [-0.15, -0.1) is 0 Å². The van der Waals surface area contributed by atoms with E-state index in [1.165, 1.54) is 13.2 Å². The van der Waals surface area contributed by atoms with Crippen molar-refractivity contribution in [3.05, 3.63) is 65.6 Å². The molecule has 7 nitrogen and oxygen atoms in total. The Morgan fingerprint density at radius 3 is 2.58 bits per heavy atom. The number of hydrogen-bond donors (Lipinski definition) is 3. The summed E-state index contributed by atoms with van der Waals surface area (Å²) in [5.74, 6) is -0.245. The number of halogens is 1. The third-order valence-electron chi connectivity index (χ3n) is 8.67. The van der Waals surface area contributed by atoms with Crippen LogP contribution in [0.4, 0.5) is 4.39 Å². The summed E-state index contributed by atoms with van der Waals surface area (Å²) in [4.78, 5) is 16.6. The summed E-state index contributed by atoms with van der Waals surface area (Å²) in [5, 5.41) is 25.6. The number of aliphatic hydroxyl groups excluding tert-OH is 1. The third-order valence-corrected chi connectivity index (χ3v) is 8.67. The van der Waals surface area contributed by atoms with Gasteiger partial charge in [-0.1, -0.05) is 6.07 Å². The number of nitrogens with zero attached hydrogens (tertiary/aromatic N) is 1. The van der Waals surface area contributed by atoms with Gasteiger partial charge >= 0.3 is 5.97 Å². The predicted octanol–water partition coefficient (Wildman–Crippen LogP) is 4.93. The van der Waals surface area contributed by atoms with Crippen LogP contribution in [0.3, 0.4) is 0 Å². The van der Waals surface area contributed by atoms with E-state index < -0.39 is 18.0 Å². The minimum atomic E-state index is -0.808. The van der Waals surface area contributed by atoms with Crippen LogP contribution in [0.1, 0.15) is 48.8 Å². The molecule has 8 heteroatoms. The second-order valence-corrected chi connectivity index (χ2v) is 10.6. The number of aromatic nitrogens is 1. The maximum absolute atomic E-state index is 14.8. The Kier molecular flexibility index (Phi) is 7.81. The molecule has 2 heterocycles. The fourth-order valence-corrected chi connectivity index (χ4v) is 6.56. The van der Waals surface area contributed by atoms with Gasteiger partial charge in [0, 0.05) is 24.2 Å². The maximum atomic E-state index is 14.8. The third kappa shape index (κ3) is 5.20. The zero-order chi connectivity index (χ0) is 26.8. The van der Waals surface area contributed by atoms with Crippen molar-refractivity contribution in [3.63, 3.8) is 0 Å². The van der Waals surface area contributed by atoms with Crippen molar-refractivity contribution in [3.8, 4) is 11.5 Å². The molecule has 1 aromatic heterocycles. The standard InChI is InChI=1S/C30H35FN2O5/c1-37-19-4-6-28-25(13-19)23(8-10-33-28)29(34)15-24(22-7-9-32-16-26(22)30(35)36)18-11-17(12-18)21-5-3-20(38-2)14-27(21)31/h3-6,8,10,13-14,17-18,22,24,26,29,32,34H,7,9,11-12,15-16H2,1-2H3,(H,35,36)/t17?,18?,22?,24-,26?,29-/m1/s1. The van der Waals surface area contributed by atoms with Crippen molar-refractivity contribution in [2.24, 2.45) is 23.7 Å². The Morgan fingerprint density at radius 2 is 1.87 bits per heavy atom. The molecule has 4 atom stereocenters. The molecular weight excluding hydrogens is 487 g/mol. The molecule has 1 aliphatic heterocycles. The Labute approximate surface area is 222 Å². The number of nitrogens with one attached hydrogen (secondary N) is 1. The topological polar surface area (TPSA) is 101 Å². The Bertz CT molecular complexity index is 1290. The second-order valence-electron chi connectivity index (χ2n) is 10.6.